The van der Waals surface area contributed by atoms with E-state index in [1.807, 2.05) is 0 Å². The van der Waals surface area contributed by atoms with Crippen LogP contribution >= 0.6 is 0 Å². The van der Waals surface area contributed by atoms with Gasteiger partial charge in [0.05, 0.1) is 11.1 Å². The van der Waals surface area contributed by atoms with Crippen LogP contribution in [0.3, 0.4) is 0 Å². The van der Waals surface area contributed by atoms with Gasteiger partial charge in [0.15, 0.2) is 0 Å². The maximum absolute atomic E-state index is 12.1. The molecule has 108 valence electrons. The van der Waals surface area contributed by atoms with Crippen molar-refractivity contribution in [2.75, 3.05) is 0 Å². The quantitative estimate of drug-likeness (QED) is 0.513. The summed E-state index contributed by atoms with van der Waals surface area (Å²) < 4.78 is 1.09. The predicted molar refractivity (Wildman–Crippen MR) is 74.8 cm³/mol. The minimum atomic E-state index is -0.646. The van der Waals surface area contributed by atoms with Crippen LogP contribution in [-0.2, 0) is 6.54 Å². The van der Waals surface area contributed by atoms with E-state index < -0.39 is 21.9 Å². The number of allylic oxidation sites excluding steroid dienone is 1. The Morgan fingerprint density at radius 2 is 2.15 bits per heavy atom. The van der Waals surface area contributed by atoms with Gasteiger partial charge in [-0.05, 0) is 20.8 Å². The van der Waals surface area contributed by atoms with E-state index in [0.29, 0.717) is 0 Å². The molecule has 0 bridgehead atoms. The molecule has 0 unspecified atom stereocenters. The summed E-state index contributed by atoms with van der Waals surface area (Å²) >= 11 is 0. The number of aromatic nitrogens is 1. The molecule has 0 fully saturated rings. The number of rotatable bonds is 4. The third-order valence-electron chi connectivity index (χ3n) is 2.34. The zero-order valence-electron chi connectivity index (χ0n) is 11.7. The molecular weight excluding hydrogens is 262 g/mol. The monoisotopic (exact) mass is 279 g/mol. The van der Waals surface area contributed by atoms with Gasteiger partial charge in [-0.3, -0.25) is 19.7 Å². The highest BCUT2D eigenvalue weighted by atomic mass is 16.6. The molecule has 20 heavy (non-hydrogen) atoms. The minimum Gasteiger partial charge on any atom is -0.347 e. The molecule has 1 heterocycles. The smallest absolute Gasteiger partial charge is 0.286 e. The minimum absolute atomic E-state index is 0.0936. The molecule has 1 aromatic heterocycles. The predicted octanol–water partition coefficient (Wildman–Crippen LogP) is 1.47. The molecule has 1 aromatic rings. The van der Waals surface area contributed by atoms with E-state index in [9.17, 15) is 19.7 Å². The largest absolute Gasteiger partial charge is 0.347 e. The van der Waals surface area contributed by atoms with Crippen LogP contribution in [0.5, 0.6) is 0 Å². The van der Waals surface area contributed by atoms with E-state index in [2.05, 4.69) is 11.9 Å². The zero-order valence-corrected chi connectivity index (χ0v) is 11.7. The van der Waals surface area contributed by atoms with Crippen molar-refractivity contribution >= 4 is 11.6 Å². The fraction of sp³-hybridized carbons (Fsp3) is 0.385. The highest BCUT2D eigenvalue weighted by molar-refractivity contribution is 5.94. The first-order valence-electron chi connectivity index (χ1n) is 5.98. The number of amides is 1. The third-order valence-corrected chi connectivity index (χ3v) is 2.34. The molecule has 0 saturated carbocycles. The van der Waals surface area contributed by atoms with Crippen molar-refractivity contribution in [1.29, 1.82) is 0 Å². The van der Waals surface area contributed by atoms with Crippen molar-refractivity contribution in [1.82, 2.24) is 9.88 Å². The molecule has 0 aromatic carbocycles. The molecule has 0 spiro atoms. The van der Waals surface area contributed by atoms with E-state index >= 15 is 0 Å². The molecule has 7 heteroatoms. The van der Waals surface area contributed by atoms with E-state index in [1.54, 1.807) is 20.8 Å². The lowest BCUT2D eigenvalue weighted by atomic mass is 10.1. The van der Waals surface area contributed by atoms with Gasteiger partial charge in [0.2, 0.25) is 0 Å². The third kappa shape index (κ3) is 3.78. The Balaban J connectivity index is 3.37. The normalized spacial score (nSPS) is 10.9. The zero-order chi connectivity index (χ0) is 15.5. The second-order valence-electron chi connectivity index (χ2n) is 5.32. The van der Waals surface area contributed by atoms with Crippen molar-refractivity contribution in [3.63, 3.8) is 0 Å². The van der Waals surface area contributed by atoms with E-state index in [-0.39, 0.29) is 17.8 Å². The summed E-state index contributed by atoms with van der Waals surface area (Å²) in [6.45, 7) is 8.83. The van der Waals surface area contributed by atoms with Crippen LogP contribution in [0.2, 0.25) is 0 Å². The molecule has 1 rings (SSSR count). The summed E-state index contributed by atoms with van der Waals surface area (Å²) in [7, 11) is 0. The van der Waals surface area contributed by atoms with Gasteiger partial charge in [0.25, 0.3) is 17.2 Å². The van der Waals surface area contributed by atoms with Crippen molar-refractivity contribution < 1.29 is 9.72 Å². The Hall–Kier alpha value is -2.44. The summed E-state index contributed by atoms with van der Waals surface area (Å²) in [5, 5.41) is 13.5. The van der Waals surface area contributed by atoms with Gasteiger partial charge in [0.1, 0.15) is 5.56 Å². The van der Waals surface area contributed by atoms with Crippen LogP contribution in [0, 0.1) is 10.1 Å². The van der Waals surface area contributed by atoms with Gasteiger partial charge in [-0.15, -0.1) is 6.58 Å². The van der Waals surface area contributed by atoms with Crippen LogP contribution in [0.25, 0.3) is 0 Å². The summed E-state index contributed by atoms with van der Waals surface area (Å²) in [6.07, 6.45) is 2.52. The number of carbonyl (C=O) groups is 1. The van der Waals surface area contributed by atoms with Crippen LogP contribution in [0.1, 0.15) is 31.1 Å². The van der Waals surface area contributed by atoms with Gasteiger partial charge < -0.3 is 9.88 Å². The van der Waals surface area contributed by atoms with Crippen molar-refractivity contribution in [2.45, 2.75) is 32.9 Å². The molecular formula is C13H17N3O4. The standard InChI is InChI=1S/C13H17N3O4/c1-5-6-15-8-9(16(19)20)7-10(12(15)18)11(17)14-13(2,3)4/h5,7-8H,1,6H2,2-4H3,(H,14,17). The molecule has 0 radical (unpaired) electrons. The number of hydrogen-bond acceptors (Lipinski definition) is 4. The summed E-state index contributed by atoms with van der Waals surface area (Å²) in [5.41, 5.74) is -1.70. The van der Waals surface area contributed by atoms with Crippen LogP contribution < -0.4 is 10.9 Å². The summed E-state index contributed by atoms with van der Waals surface area (Å²) in [6, 6.07) is 0.989. The fourth-order valence-corrected chi connectivity index (χ4v) is 1.57. The molecule has 0 saturated heterocycles. The summed E-state index contributed by atoms with van der Waals surface area (Å²) in [5.74, 6) is -0.635. The Morgan fingerprint density at radius 3 is 2.60 bits per heavy atom. The van der Waals surface area contributed by atoms with E-state index in [0.717, 1.165) is 16.8 Å². The second kappa shape index (κ2) is 5.68. The molecule has 0 aliphatic rings. The van der Waals surface area contributed by atoms with Crippen molar-refractivity contribution in [2.24, 2.45) is 0 Å². The number of nitrogens with one attached hydrogen (secondary N) is 1. The summed E-state index contributed by atoms with van der Waals surface area (Å²) in [4.78, 5) is 34.3. The molecule has 1 N–H and O–H groups in total. The first-order valence-corrected chi connectivity index (χ1v) is 5.98. The first-order chi connectivity index (χ1) is 9.15. The maximum Gasteiger partial charge on any atom is 0.286 e. The van der Waals surface area contributed by atoms with Gasteiger partial charge in [-0.1, -0.05) is 6.08 Å². The molecule has 7 nitrogen and oxygen atoms in total. The Kier molecular flexibility index (Phi) is 4.44. The molecule has 1 amide bonds. The molecule has 0 aliphatic heterocycles. The fourth-order valence-electron chi connectivity index (χ4n) is 1.57. The van der Waals surface area contributed by atoms with Crippen LogP contribution in [0.4, 0.5) is 5.69 Å². The van der Waals surface area contributed by atoms with Crippen LogP contribution in [-0.4, -0.2) is 20.9 Å². The average Bonchev–Trinajstić information content (AvgIpc) is 2.29. The first kappa shape index (κ1) is 15.6. The lowest BCUT2D eigenvalue weighted by Crippen LogP contribution is -2.43. The lowest BCUT2D eigenvalue weighted by molar-refractivity contribution is -0.385. The average molecular weight is 279 g/mol. The Labute approximate surface area is 116 Å². The number of nitro groups is 1. The molecule has 0 aliphatic carbocycles. The van der Waals surface area contributed by atoms with Gasteiger partial charge in [0, 0.05) is 18.2 Å². The number of nitrogens with zero attached hydrogens (tertiary/aromatic N) is 2. The Bertz CT molecular complexity index is 611. The van der Waals surface area contributed by atoms with Crippen molar-refractivity contribution in [3.05, 3.63) is 50.9 Å². The van der Waals surface area contributed by atoms with Crippen molar-refractivity contribution in [3.8, 4) is 0 Å². The number of carbonyl (C=O) groups excluding carboxylic acids is 1. The SMILES string of the molecule is C=CCn1cc([N+](=O)[O-])cc(C(=O)NC(C)(C)C)c1=O. The second-order valence-corrected chi connectivity index (χ2v) is 5.32. The number of hydrogen-bond donors (Lipinski definition) is 1. The maximum atomic E-state index is 12.1. The van der Waals surface area contributed by atoms with Gasteiger partial charge >= 0.3 is 0 Å². The lowest BCUT2D eigenvalue weighted by Gasteiger charge is -2.20. The van der Waals surface area contributed by atoms with Crippen LogP contribution in [0.15, 0.2) is 29.7 Å². The van der Waals surface area contributed by atoms with E-state index in [4.69, 9.17) is 0 Å². The highest BCUT2D eigenvalue weighted by Crippen LogP contribution is 2.11. The van der Waals surface area contributed by atoms with E-state index in [1.165, 1.54) is 6.08 Å². The molecule has 0 atom stereocenters. The van der Waals surface area contributed by atoms with Gasteiger partial charge in [-0.25, -0.2) is 0 Å². The Morgan fingerprint density at radius 1 is 1.55 bits per heavy atom. The number of pyridine rings is 1. The topological polar surface area (TPSA) is 94.2 Å². The highest BCUT2D eigenvalue weighted by Gasteiger charge is 2.22. The van der Waals surface area contributed by atoms with Gasteiger partial charge in [-0.2, -0.15) is 0 Å².